The Morgan fingerprint density at radius 1 is 1.17 bits per heavy atom. The zero-order chi connectivity index (χ0) is 13.1. The van der Waals surface area contributed by atoms with Crippen LogP contribution >= 0.6 is 11.6 Å². The van der Waals surface area contributed by atoms with Gasteiger partial charge >= 0.3 is 0 Å². The third-order valence-corrected chi connectivity index (χ3v) is 2.83. The normalized spacial score (nSPS) is 9.89. The Labute approximate surface area is 111 Å². The highest BCUT2D eigenvalue weighted by Crippen LogP contribution is 2.25. The van der Waals surface area contributed by atoms with Gasteiger partial charge in [0.25, 0.3) is 0 Å². The Morgan fingerprint density at radius 2 is 1.89 bits per heavy atom. The number of hydrogen-bond donors (Lipinski definition) is 1. The molecule has 0 unspecified atom stereocenters. The van der Waals surface area contributed by atoms with E-state index in [1.54, 1.807) is 18.2 Å². The number of benzene rings is 1. The summed E-state index contributed by atoms with van der Waals surface area (Å²) in [6.45, 7) is 3.87. The fourth-order valence-corrected chi connectivity index (χ4v) is 1.85. The Kier molecular flexibility index (Phi) is 3.50. The summed E-state index contributed by atoms with van der Waals surface area (Å²) in [5.41, 5.74) is 4.00. The molecule has 4 heteroatoms. The molecule has 1 aromatic heterocycles. The fourth-order valence-electron chi connectivity index (χ4n) is 1.68. The average molecular weight is 258 g/mol. The summed E-state index contributed by atoms with van der Waals surface area (Å²) >= 11 is 5.86. The zero-order valence-corrected chi connectivity index (χ0v) is 10.9. The van der Waals surface area contributed by atoms with Gasteiger partial charge in [-0.1, -0.05) is 11.6 Å². The van der Waals surface area contributed by atoms with Crippen LogP contribution in [-0.4, -0.2) is 4.98 Å². The maximum Gasteiger partial charge on any atom is 0.101 e. The molecule has 0 saturated carbocycles. The molecule has 0 aliphatic rings. The van der Waals surface area contributed by atoms with E-state index in [1.165, 1.54) is 0 Å². The molecule has 3 nitrogen and oxygen atoms in total. The molecule has 0 aliphatic carbocycles. The van der Waals surface area contributed by atoms with E-state index >= 15 is 0 Å². The molecule has 90 valence electrons. The monoisotopic (exact) mass is 257 g/mol. The number of pyridine rings is 1. The van der Waals surface area contributed by atoms with Crippen LogP contribution in [0.3, 0.4) is 0 Å². The van der Waals surface area contributed by atoms with Gasteiger partial charge in [-0.05, 0) is 44.2 Å². The van der Waals surface area contributed by atoms with E-state index < -0.39 is 0 Å². The molecule has 2 rings (SSSR count). The van der Waals surface area contributed by atoms with Gasteiger partial charge in [0.1, 0.15) is 6.07 Å². The first-order chi connectivity index (χ1) is 8.60. The van der Waals surface area contributed by atoms with Crippen LogP contribution in [0.1, 0.15) is 17.0 Å². The molecule has 1 heterocycles. The molecule has 0 aliphatic heterocycles. The summed E-state index contributed by atoms with van der Waals surface area (Å²) < 4.78 is 0. The Bertz CT molecular complexity index is 629. The molecule has 0 spiro atoms. The van der Waals surface area contributed by atoms with E-state index in [2.05, 4.69) is 16.4 Å². The molecule has 0 saturated heterocycles. The molecule has 0 bridgehead atoms. The molecular weight excluding hydrogens is 246 g/mol. The maximum atomic E-state index is 9.07. The number of aromatic nitrogens is 1. The standard InChI is InChI=1S/C14H12ClN3/c1-9-3-5-13(10(2)17-9)18-14-6-4-12(15)7-11(14)8-16/h3-7,18H,1-2H3. The average Bonchev–Trinajstić information content (AvgIpc) is 2.34. The van der Waals surface area contributed by atoms with E-state index in [9.17, 15) is 0 Å². The van der Waals surface area contributed by atoms with Crippen molar-refractivity contribution >= 4 is 23.0 Å². The number of anilines is 2. The summed E-state index contributed by atoms with van der Waals surface area (Å²) in [6.07, 6.45) is 0. The van der Waals surface area contributed by atoms with Crippen molar-refractivity contribution in [1.29, 1.82) is 5.26 Å². The number of nitrogens with one attached hydrogen (secondary N) is 1. The summed E-state index contributed by atoms with van der Waals surface area (Å²) in [5, 5.41) is 12.8. The van der Waals surface area contributed by atoms with Gasteiger partial charge < -0.3 is 5.32 Å². The van der Waals surface area contributed by atoms with E-state index in [0.29, 0.717) is 10.6 Å². The highest BCUT2D eigenvalue weighted by atomic mass is 35.5. The summed E-state index contributed by atoms with van der Waals surface area (Å²) in [5.74, 6) is 0. The third kappa shape index (κ3) is 2.61. The van der Waals surface area contributed by atoms with Gasteiger partial charge in [0.15, 0.2) is 0 Å². The molecular formula is C14H12ClN3. The van der Waals surface area contributed by atoms with Crippen molar-refractivity contribution in [2.45, 2.75) is 13.8 Å². The first kappa shape index (κ1) is 12.4. The van der Waals surface area contributed by atoms with Gasteiger partial charge in [-0.25, -0.2) is 0 Å². The zero-order valence-electron chi connectivity index (χ0n) is 10.2. The van der Waals surface area contributed by atoms with Crippen LogP contribution < -0.4 is 5.32 Å². The summed E-state index contributed by atoms with van der Waals surface area (Å²) in [6, 6.07) is 11.2. The topological polar surface area (TPSA) is 48.7 Å². The van der Waals surface area contributed by atoms with Crippen LogP contribution in [0.4, 0.5) is 11.4 Å². The van der Waals surface area contributed by atoms with Crippen LogP contribution in [0.5, 0.6) is 0 Å². The lowest BCUT2D eigenvalue weighted by Crippen LogP contribution is -1.98. The van der Waals surface area contributed by atoms with Gasteiger partial charge in [0.05, 0.1) is 22.6 Å². The molecule has 1 N–H and O–H groups in total. The lowest BCUT2D eigenvalue weighted by molar-refractivity contribution is 1.12. The van der Waals surface area contributed by atoms with Crippen LogP contribution in [-0.2, 0) is 0 Å². The number of hydrogen-bond acceptors (Lipinski definition) is 3. The van der Waals surface area contributed by atoms with Crippen molar-refractivity contribution in [3.05, 3.63) is 52.3 Å². The highest BCUT2D eigenvalue weighted by Gasteiger charge is 2.05. The quantitative estimate of drug-likeness (QED) is 0.886. The number of aryl methyl sites for hydroxylation is 2. The lowest BCUT2D eigenvalue weighted by atomic mass is 10.2. The Balaban J connectivity index is 2.37. The van der Waals surface area contributed by atoms with E-state index in [4.69, 9.17) is 16.9 Å². The van der Waals surface area contributed by atoms with Crippen LogP contribution in [0.15, 0.2) is 30.3 Å². The lowest BCUT2D eigenvalue weighted by Gasteiger charge is -2.11. The molecule has 0 atom stereocenters. The molecule has 0 fully saturated rings. The number of nitrogens with zero attached hydrogens (tertiary/aromatic N) is 2. The molecule has 18 heavy (non-hydrogen) atoms. The number of nitriles is 1. The number of rotatable bonds is 2. The van der Waals surface area contributed by atoms with Crippen LogP contribution in [0.2, 0.25) is 5.02 Å². The first-order valence-corrected chi connectivity index (χ1v) is 5.89. The molecule has 1 aromatic carbocycles. The summed E-state index contributed by atoms with van der Waals surface area (Å²) in [4.78, 5) is 4.37. The van der Waals surface area contributed by atoms with Gasteiger partial charge in [-0.3, -0.25) is 4.98 Å². The van der Waals surface area contributed by atoms with Gasteiger partial charge in [0.2, 0.25) is 0 Å². The van der Waals surface area contributed by atoms with Crippen LogP contribution in [0.25, 0.3) is 0 Å². The van der Waals surface area contributed by atoms with Crippen LogP contribution in [0, 0.1) is 25.2 Å². The van der Waals surface area contributed by atoms with Crippen molar-refractivity contribution in [3.63, 3.8) is 0 Å². The molecule has 2 aromatic rings. The van der Waals surface area contributed by atoms with Crippen molar-refractivity contribution in [3.8, 4) is 6.07 Å². The minimum Gasteiger partial charge on any atom is -0.353 e. The smallest absolute Gasteiger partial charge is 0.101 e. The first-order valence-electron chi connectivity index (χ1n) is 5.51. The largest absolute Gasteiger partial charge is 0.353 e. The SMILES string of the molecule is Cc1ccc(Nc2ccc(Cl)cc2C#N)c(C)n1. The van der Waals surface area contributed by atoms with E-state index in [-0.39, 0.29) is 0 Å². The van der Waals surface area contributed by atoms with Crippen molar-refractivity contribution < 1.29 is 0 Å². The van der Waals surface area contributed by atoms with E-state index in [1.807, 2.05) is 26.0 Å². The van der Waals surface area contributed by atoms with Crippen molar-refractivity contribution in [2.24, 2.45) is 0 Å². The van der Waals surface area contributed by atoms with Crippen molar-refractivity contribution in [1.82, 2.24) is 4.98 Å². The molecule has 0 amide bonds. The predicted octanol–water partition coefficient (Wildman–Crippen LogP) is 3.97. The van der Waals surface area contributed by atoms with Crippen molar-refractivity contribution in [2.75, 3.05) is 5.32 Å². The second kappa shape index (κ2) is 5.07. The van der Waals surface area contributed by atoms with Gasteiger partial charge in [-0.15, -0.1) is 0 Å². The minimum absolute atomic E-state index is 0.516. The van der Waals surface area contributed by atoms with E-state index in [0.717, 1.165) is 22.8 Å². The maximum absolute atomic E-state index is 9.07. The molecule has 0 radical (unpaired) electrons. The summed E-state index contributed by atoms with van der Waals surface area (Å²) in [7, 11) is 0. The van der Waals surface area contributed by atoms with Gasteiger partial charge in [0, 0.05) is 10.7 Å². The Morgan fingerprint density at radius 3 is 2.56 bits per heavy atom. The minimum atomic E-state index is 0.516. The third-order valence-electron chi connectivity index (χ3n) is 2.60. The second-order valence-corrected chi connectivity index (χ2v) is 4.45. The second-order valence-electron chi connectivity index (χ2n) is 4.01. The Hall–Kier alpha value is -2.05. The predicted molar refractivity (Wildman–Crippen MR) is 73.2 cm³/mol. The highest BCUT2D eigenvalue weighted by molar-refractivity contribution is 6.30. The fraction of sp³-hybridized carbons (Fsp3) is 0.143. The number of halogens is 1. The van der Waals surface area contributed by atoms with Gasteiger partial charge in [-0.2, -0.15) is 5.26 Å².